The molecule has 0 saturated carbocycles. The van der Waals surface area contributed by atoms with Crippen LogP contribution in [0.25, 0.3) is 0 Å². The first kappa shape index (κ1) is 25.6. The second kappa shape index (κ2) is 11.9. The molecule has 0 bridgehead atoms. The fourth-order valence-corrected chi connectivity index (χ4v) is 4.18. The lowest BCUT2D eigenvalue weighted by Gasteiger charge is -2.30. The third-order valence-corrected chi connectivity index (χ3v) is 6.06. The maximum atomic E-state index is 12.9. The van der Waals surface area contributed by atoms with Crippen LogP contribution < -0.4 is 9.47 Å². The van der Waals surface area contributed by atoms with Crippen molar-refractivity contribution in [1.29, 1.82) is 0 Å². The summed E-state index contributed by atoms with van der Waals surface area (Å²) in [7, 11) is 4.26. The molecule has 7 nitrogen and oxygen atoms in total. The normalized spacial score (nSPS) is 13.3. The number of carbonyl (C=O) groups is 2. The van der Waals surface area contributed by atoms with Gasteiger partial charge in [-0.1, -0.05) is 54.6 Å². The molecule has 0 aromatic heterocycles. The van der Waals surface area contributed by atoms with E-state index in [-0.39, 0.29) is 0 Å². The number of hydrogen-bond donors (Lipinski definition) is 0. The minimum absolute atomic E-state index is 0.330. The number of hydrogen-bond acceptors (Lipinski definition) is 7. The molecule has 0 fully saturated rings. The summed E-state index contributed by atoms with van der Waals surface area (Å²) < 4.78 is 21.3. The van der Waals surface area contributed by atoms with Crippen LogP contribution in [0.2, 0.25) is 0 Å². The number of ether oxygens (including phenoxy) is 4. The van der Waals surface area contributed by atoms with Crippen LogP contribution in [-0.2, 0) is 32.2 Å². The summed E-state index contributed by atoms with van der Waals surface area (Å²) >= 11 is 0. The minimum Gasteiger partial charge on any atom is -0.497 e. The van der Waals surface area contributed by atoms with E-state index in [2.05, 4.69) is 0 Å². The standard InChI is InChI=1S/C30H29NO6/c1-34-24-13-9-21(10-14-24)17-31-18-26(29(32)35-2)28(27(19-31)30(33)36-3)23-11-15-25(16-12-23)37-20-22-7-5-4-6-8-22/h4-16,18-19,28H,17,20H2,1-3H3. The molecule has 0 spiro atoms. The van der Waals surface area contributed by atoms with E-state index in [1.54, 1.807) is 24.4 Å². The Hall–Kier alpha value is -4.52. The summed E-state index contributed by atoms with van der Waals surface area (Å²) in [5, 5.41) is 0. The molecule has 1 heterocycles. The van der Waals surface area contributed by atoms with Crippen LogP contribution in [0.1, 0.15) is 22.6 Å². The molecule has 3 aromatic rings. The van der Waals surface area contributed by atoms with Gasteiger partial charge in [0.25, 0.3) is 0 Å². The van der Waals surface area contributed by atoms with E-state index in [4.69, 9.17) is 18.9 Å². The number of carbonyl (C=O) groups excluding carboxylic acids is 2. The van der Waals surface area contributed by atoms with Crippen molar-refractivity contribution >= 4 is 11.9 Å². The highest BCUT2D eigenvalue weighted by Crippen LogP contribution is 2.38. The molecule has 4 rings (SSSR count). The molecule has 3 aromatic carbocycles. The van der Waals surface area contributed by atoms with Gasteiger partial charge in [-0.3, -0.25) is 0 Å². The van der Waals surface area contributed by atoms with E-state index in [1.165, 1.54) is 14.2 Å². The third-order valence-electron chi connectivity index (χ3n) is 6.06. The third kappa shape index (κ3) is 6.19. The zero-order valence-electron chi connectivity index (χ0n) is 21.0. The molecule has 1 aliphatic rings. The Kier molecular flexibility index (Phi) is 8.26. The Morgan fingerprint density at radius 2 is 1.27 bits per heavy atom. The van der Waals surface area contributed by atoms with E-state index < -0.39 is 17.9 Å². The van der Waals surface area contributed by atoms with Crippen molar-refractivity contribution in [1.82, 2.24) is 4.90 Å². The Morgan fingerprint density at radius 1 is 0.703 bits per heavy atom. The molecular weight excluding hydrogens is 470 g/mol. The summed E-state index contributed by atoms with van der Waals surface area (Å²) in [6.07, 6.45) is 3.43. The van der Waals surface area contributed by atoms with Gasteiger partial charge in [0, 0.05) is 18.9 Å². The summed E-state index contributed by atoms with van der Waals surface area (Å²) in [5.74, 6) is -0.283. The Labute approximate surface area is 216 Å². The summed E-state index contributed by atoms with van der Waals surface area (Å²) in [4.78, 5) is 27.5. The Morgan fingerprint density at radius 3 is 1.81 bits per heavy atom. The number of esters is 2. The zero-order chi connectivity index (χ0) is 26.2. The van der Waals surface area contributed by atoms with Crippen LogP contribution in [0, 0.1) is 0 Å². The fraction of sp³-hybridized carbons (Fsp3) is 0.200. The van der Waals surface area contributed by atoms with Gasteiger partial charge in [-0.05, 0) is 41.0 Å². The number of methoxy groups -OCH3 is 3. The van der Waals surface area contributed by atoms with Crippen LogP contribution in [0.15, 0.2) is 102 Å². The highest BCUT2D eigenvalue weighted by atomic mass is 16.5. The molecule has 190 valence electrons. The van der Waals surface area contributed by atoms with Gasteiger partial charge in [0.15, 0.2) is 0 Å². The molecule has 1 aliphatic heterocycles. The van der Waals surface area contributed by atoms with Crippen LogP contribution in [0.4, 0.5) is 0 Å². The lowest BCUT2D eigenvalue weighted by Crippen LogP contribution is -2.28. The van der Waals surface area contributed by atoms with Crippen molar-refractivity contribution in [3.63, 3.8) is 0 Å². The van der Waals surface area contributed by atoms with Gasteiger partial charge in [-0.2, -0.15) is 0 Å². The first-order valence-electron chi connectivity index (χ1n) is 11.8. The number of nitrogens with zero attached hydrogens (tertiary/aromatic N) is 1. The quantitative estimate of drug-likeness (QED) is 0.384. The van der Waals surface area contributed by atoms with E-state index in [0.29, 0.717) is 30.0 Å². The van der Waals surface area contributed by atoms with Crippen LogP contribution >= 0.6 is 0 Å². The highest BCUT2D eigenvalue weighted by Gasteiger charge is 2.35. The Bertz CT molecular complexity index is 1250. The van der Waals surface area contributed by atoms with Crippen LogP contribution in [-0.4, -0.2) is 38.2 Å². The summed E-state index contributed by atoms with van der Waals surface area (Å²) in [5.41, 5.74) is 3.43. The van der Waals surface area contributed by atoms with Crippen molar-refractivity contribution < 1.29 is 28.5 Å². The van der Waals surface area contributed by atoms with Crippen molar-refractivity contribution in [2.45, 2.75) is 19.1 Å². The molecule has 0 radical (unpaired) electrons. The maximum absolute atomic E-state index is 12.9. The predicted molar refractivity (Wildman–Crippen MR) is 139 cm³/mol. The molecule has 0 atom stereocenters. The van der Waals surface area contributed by atoms with Gasteiger partial charge >= 0.3 is 11.9 Å². The molecular formula is C30H29NO6. The van der Waals surface area contributed by atoms with E-state index in [0.717, 1.165) is 22.4 Å². The van der Waals surface area contributed by atoms with Gasteiger partial charge in [0.05, 0.1) is 38.4 Å². The van der Waals surface area contributed by atoms with E-state index in [9.17, 15) is 9.59 Å². The summed E-state index contributed by atoms with van der Waals surface area (Å²) in [6, 6.07) is 24.8. The average molecular weight is 500 g/mol. The van der Waals surface area contributed by atoms with Crippen molar-refractivity contribution in [3.05, 3.63) is 119 Å². The predicted octanol–water partition coefficient (Wildman–Crippen LogP) is 4.99. The Balaban J connectivity index is 1.62. The second-order valence-corrected chi connectivity index (χ2v) is 8.45. The second-order valence-electron chi connectivity index (χ2n) is 8.45. The highest BCUT2D eigenvalue weighted by molar-refractivity contribution is 5.98. The topological polar surface area (TPSA) is 74.3 Å². The average Bonchev–Trinajstić information content (AvgIpc) is 2.96. The van der Waals surface area contributed by atoms with Gasteiger partial charge in [0.2, 0.25) is 0 Å². The number of rotatable bonds is 9. The van der Waals surface area contributed by atoms with Gasteiger partial charge in [0.1, 0.15) is 18.1 Å². The first-order valence-corrected chi connectivity index (χ1v) is 11.8. The maximum Gasteiger partial charge on any atom is 0.336 e. The van der Waals surface area contributed by atoms with Gasteiger partial charge in [-0.25, -0.2) is 9.59 Å². The van der Waals surface area contributed by atoms with E-state index >= 15 is 0 Å². The van der Waals surface area contributed by atoms with Crippen molar-refractivity contribution in [3.8, 4) is 11.5 Å². The smallest absolute Gasteiger partial charge is 0.336 e. The van der Waals surface area contributed by atoms with Crippen LogP contribution in [0.3, 0.4) is 0 Å². The molecule has 0 unspecified atom stereocenters. The lowest BCUT2D eigenvalue weighted by molar-refractivity contribution is -0.137. The minimum atomic E-state index is -0.657. The molecule has 7 heteroatoms. The van der Waals surface area contributed by atoms with Crippen LogP contribution in [0.5, 0.6) is 11.5 Å². The first-order chi connectivity index (χ1) is 18.0. The van der Waals surface area contributed by atoms with Gasteiger partial charge < -0.3 is 23.8 Å². The van der Waals surface area contributed by atoms with Crippen molar-refractivity contribution in [2.75, 3.05) is 21.3 Å². The van der Waals surface area contributed by atoms with Crippen molar-refractivity contribution in [2.24, 2.45) is 0 Å². The summed E-state index contributed by atoms with van der Waals surface area (Å²) in [6.45, 7) is 0.870. The number of benzene rings is 3. The largest absolute Gasteiger partial charge is 0.497 e. The van der Waals surface area contributed by atoms with Gasteiger partial charge in [-0.15, -0.1) is 0 Å². The fourth-order valence-electron chi connectivity index (χ4n) is 4.18. The SMILES string of the molecule is COC(=O)C1=CN(Cc2ccc(OC)cc2)C=C(C(=O)OC)C1c1ccc(OCc2ccccc2)cc1. The molecule has 0 amide bonds. The lowest BCUT2D eigenvalue weighted by atomic mass is 9.83. The monoisotopic (exact) mass is 499 g/mol. The van der Waals surface area contributed by atoms with E-state index in [1.807, 2.05) is 78.9 Å². The molecule has 37 heavy (non-hydrogen) atoms. The molecule has 0 saturated heterocycles. The zero-order valence-corrected chi connectivity index (χ0v) is 21.0. The molecule has 0 aliphatic carbocycles. The molecule has 0 N–H and O–H groups in total.